The van der Waals surface area contributed by atoms with Gasteiger partial charge in [0.15, 0.2) is 5.76 Å². The van der Waals surface area contributed by atoms with Crippen LogP contribution in [0.5, 0.6) is 0 Å². The van der Waals surface area contributed by atoms with Crippen molar-refractivity contribution in [2.45, 2.75) is 38.1 Å². The van der Waals surface area contributed by atoms with Gasteiger partial charge in [-0.15, -0.1) is 11.3 Å². The summed E-state index contributed by atoms with van der Waals surface area (Å²) in [5, 5.41) is 6.49. The highest BCUT2D eigenvalue weighted by Gasteiger charge is 2.34. The van der Waals surface area contributed by atoms with E-state index in [0.29, 0.717) is 16.4 Å². The molecule has 6 nitrogen and oxygen atoms in total. The third-order valence-corrected chi connectivity index (χ3v) is 5.59. The van der Waals surface area contributed by atoms with Crippen LogP contribution in [0.2, 0.25) is 0 Å². The molecule has 3 rings (SSSR count). The van der Waals surface area contributed by atoms with Crippen LogP contribution in [0, 0.1) is 6.92 Å². The quantitative estimate of drug-likeness (QED) is 0.774. The van der Waals surface area contributed by atoms with Crippen LogP contribution < -0.4 is 16.4 Å². The van der Waals surface area contributed by atoms with Crippen molar-refractivity contribution in [3.8, 4) is 0 Å². The summed E-state index contributed by atoms with van der Waals surface area (Å²) >= 11 is 1.26. The van der Waals surface area contributed by atoms with Crippen LogP contribution in [-0.4, -0.2) is 23.9 Å². The highest BCUT2D eigenvalue weighted by Crippen LogP contribution is 2.31. The van der Waals surface area contributed by atoms with Gasteiger partial charge in [0.25, 0.3) is 11.8 Å². The number of carbonyl (C=O) groups is 2. The third-order valence-electron chi connectivity index (χ3n) is 4.44. The van der Waals surface area contributed by atoms with Gasteiger partial charge in [0.05, 0.1) is 21.7 Å². The molecule has 2 aromatic rings. The van der Waals surface area contributed by atoms with E-state index >= 15 is 0 Å². The number of hydrogen-bond acceptors (Lipinski definition) is 5. The topological polar surface area (TPSA) is 97.4 Å². The van der Waals surface area contributed by atoms with Crippen molar-refractivity contribution < 1.29 is 14.0 Å². The first-order valence-corrected chi connectivity index (χ1v) is 8.82. The summed E-state index contributed by atoms with van der Waals surface area (Å²) in [6, 6.07) is 5.04. The first-order valence-electron chi connectivity index (χ1n) is 8.01. The van der Waals surface area contributed by atoms with Crippen LogP contribution in [0.15, 0.2) is 28.9 Å². The standard InChI is InChI=1S/C17H21N3O3S/c1-11-9-13(19-15(21)12-5-4-8-23-12)24-14(11)16(22)20-17(10-18)6-2-3-7-17/h4-5,8-9H,2-3,6-7,10,18H2,1H3,(H,19,21)(H,20,22). The number of carbonyl (C=O) groups excluding carboxylic acids is 2. The second kappa shape index (κ2) is 6.78. The molecule has 128 valence electrons. The Balaban J connectivity index is 1.71. The summed E-state index contributed by atoms with van der Waals surface area (Å²) in [5.41, 5.74) is 6.42. The molecule has 0 bridgehead atoms. The van der Waals surface area contributed by atoms with Crippen molar-refractivity contribution in [2.24, 2.45) is 5.73 Å². The molecule has 0 aromatic carbocycles. The molecule has 7 heteroatoms. The Morgan fingerprint density at radius 2 is 2.08 bits per heavy atom. The van der Waals surface area contributed by atoms with Gasteiger partial charge in [-0.2, -0.15) is 0 Å². The maximum absolute atomic E-state index is 12.6. The summed E-state index contributed by atoms with van der Waals surface area (Å²) in [5.74, 6) is -0.217. The lowest BCUT2D eigenvalue weighted by Gasteiger charge is -2.28. The zero-order valence-electron chi connectivity index (χ0n) is 13.6. The van der Waals surface area contributed by atoms with Crippen molar-refractivity contribution >= 4 is 28.2 Å². The highest BCUT2D eigenvalue weighted by atomic mass is 32.1. The molecule has 2 heterocycles. The Labute approximate surface area is 144 Å². The van der Waals surface area contributed by atoms with Crippen molar-refractivity contribution in [3.05, 3.63) is 40.7 Å². The number of amides is 2. The molecule has 2 amide bonds. The molecule has 2 aromatic heterocycles. The van der Waals surface area contributed by atoms with E-state index in [-0.39, 0.29) is 23.1 Å². The first-order chi connectivity index (χ1) is 11.5. The minimum Gasteiger partial charge on any atom is -0.459 e. The lowest BCUT2D eigenvalue weighted by atomic mass is 9.97. The van der Waals surface area contributed by atoms with E-state index in [0.717, 1.165) is 31.2 Å². The van der Waals surface area contributed by atoms with Crippen LogP contribution in [0.3, 0.4) is 0 Å². The maximum Gasteiger partial charge on any atom is 0.291 e. The van der Waals surface area contributed by atoms with E-state index < -0.39 is 0 Å². The molecule has 0 aliphatic heterocycles. The van der Waals surface area contributed by atoms with Gasteiger partial charge in [-0.25, -0.2) is 0 Å². The van der Waals surface area contributed by atoms with E-state index in [1.54, 1.807) is 18.2 Å². The number of hydrogen-bond donors (Lipinski definition) is 3. The Hall–Kier alpha value is -2.12. The molecule has 1 saturated carbocycles. The summed E-state index contributed by atoms with van der Waals surface area (Å²) in [6.07, 6.45) is 5.46. The molecule has 24 heavy (non-hydrogen) atoms. The Kier molecular flexibility index (Phi) is 4.73. The normalized spacial score (nSPS) is 16.1. The van der Waals surface area contributed by atoms with Crippen LogP contribution in [0.25, 0.3) is 0 Å². The predicted molar refractivity (Wildman–Crippen MR) is 93.4 cm³/mol. The fourth-order valence-corrected chi connectivity index (χ4v) is 4.04. The molecule has 4 N–H and O–H groups in total. The Morgan fingerprint density at radius 3 is 2.71 bits per heavy atom. The Morgan fingerprint density at radius 1 is 1.33 bits per heavy atom. The first kappa shape index (κ1) is 16.7. The van der Waals surface area contributed by atoms with Gasteiger partial charge in [0, 0.05) is 6.54 Å². The zero-order valence-corrected chi connectivity index (χ0v) is 14.4. The van der Waals surface area contributed by atoms with Gasteiger partial charge in [-0.3, -0.25) is 9.59 Å². The number of rotatable bonds is 5. The van der Waals surface area contributed by atoms with E-state index in [9.17, 15) is 9.59 Å². The molecule has 0 radical (unpaired) electrons. The average molecular weight is 347 g/mol. The molecule has 1 fully saturated rings. The lowest BCUT2D eigenvalue weighted by molar-refractivity contribution is 0.0906. The fourth-order valence-electron chi connectivity index (χ4n) is 3.08. The van der Waals surface area contributed by atoms with Gasteiger partial charge < -0.3 is 20.8 Å². The molecular formula is C17H21N3O3S. The van der Waals surface area contributed by atoms with E-state index in [1.165, 1.54) is 17.6 Å². The number of anilines is 1. The average Bonchev–Trinajstić information content (AvgIpc) is 3.28. The van der Waals surface area contributed by atoms with Crippen LogP contribution >= 0.6 is 11.3 Å². The molecule has 0 atom stereocenters. The number of thiophene rings is 1. The minimum atomic E-state index is -0.331. The summed E-state index contributed by atoms with van der Waals surface area (Å²) in [7, 11) is 0. The molecule has 0 spiro atoms. The van der Waals surface area contributed by atoms with E-state index in [1.807, 2.05) is 6.92 Å². The van der Waals surface area contributed by atoms with Gasteiger partial charge in [0.2, 0.25) is 0 Å². The van der Waals surface area contributed by atoms with Crippen LogP contribution in [0.4, 0.5) is 5.00 Å². The summed E-state index contributed by atoms with van der Waals surface area (Å²) in [4.78, 5) is 25.3. The number of nitrogens with two attached hydrogens (primary N) is 1. The van der Waals surface area contributed by atoms with Crippen LogP contribution in [0.1, 0.15) is 51.5 Å². The highest BCUT2D eigenvalue weighted by molar-refractivity contribution is 7.18. The molecule has 0 unspecified atom stereocenters. The summed E-state index contributed by atoms with van der Waals surface area (Å²) < 4.78 is 5.07. The zero-order chi connectivity index (χ0) is 17.2. The smallest absolute Gasteiger partial charge is 0.291 e. The minimum absolute atomic E-state index is 0.122. The molecule has 1 aliphatic carbocycles. The Bertz CT molecular complexity index is 730. The predicted octanol–water partition coefficient (Wildman–Crippen LogP) is 2.90. The number of aryl methyl sites for hydroxylation is 1. The van der Waals surface area contributed by atoms with E-state index in [4.69, 9.17) is 10.2 Å². The number of nitrogens with one attached hydrogen (secondary N) is 2. The molecule has 0 saturated heterocycles. The van der Waals surface area contributed by atoms with Crippen molar-refractivity contribution in [2.75, 3.05) is 11.9 Å². The maximum atomic E-state index is 12.6. The van der Waals surface area contributed by atoms with Gasteiger partial charge >= 0.3 is 0 Å². The lowest BCUT2D eigenvalue weighted by Crippen LogP contribution is -2.51. The third kappa shape index (κ3) is 3.37. The van der Waals surface area contributed by atoms with Crippen molar-refractivity contribution in [3.63, 3.8) is 0 Å². The molecular weight excluding hydrogens is 326 g/mol. The number of furan rings is 1. The van der Waals surface area contributed by atoms with Gasteiger partial charge in [-0.05, 0) is 43.5 Å². The SMILES string of the molecule is Cc1cc(NC(=O)c2ccco2)sc1C(=O)NC1(CN)CCCC1. The molecule has 1 aliphatic rings. The van der Waals surface area contributed by atoms with Crippen molar-refractivity contribution in [1.29, 1.82) is 0 Å². The second-order valence-corrected chi connectivity index (χ2v) is 7.25. The van der Waals surface area contributed by atoms with Gasteiger partial charge in [0.1, 0.15) is 0 Å². The fraction of sp³-hybridized carbons (Fsp3) is 0.412. The van der Waals surface area contributed by atoms with Gasteiger partial charge in [-0.1, -0.05) is 12.8 Å². The van der Waals surface area contributed by atoms with Crippen LogP contribution in [-0.2, 0) is 0 Å². The monoisotopic (exact) mass is 347 g/mol. The second-order valence-electron chi connectivity index (χ2n) is 6.20. The largest absolute Gasteiger partial charge is 0.459 e. The van der Waals surface area contributed by atoms with E-state index in [2.05, 4.69) is 10.6 Å². The summed E-state index contributed by atoms with van der Waals surface area (Å²) in [6.45, 7) is 2.31. The van der Waals surface area contributed by atoms with Crippen molar-refractivity contribution in [1.82, 2.24) is 5.32 Å².